The summed E-state index contributed by atoms with van der Waals surface area (Å²) < 4.78 is 1.62. The fourth-order valence-corrected chi connectivity index (χ4v) is 7.52. The Hall–Kier alpha value is -2.74. The van der Waals surface area contributed by atoms with Gasteiger partial charge in [-0.15, -0.1) is 0 Å². The molecule has 0 aromatic heterocycles. The van der Waals surface area contributed by atoms with Crippen molar-refractivity contribution in [3.8, 4) is 0 Å². The number of nitrogens with zero attached hydrogens (tertiary/aromatic N) is 2. The van der Waals surface area contributed by atoms with Crippen molar-refractivity contribution in [3.05, 3.63) is 98.6 Å². The van der Waals surface area contributed by atoms with E-state index >= 15 is 0 Å². The molecule has 50 heavy (non-hydrogen) atoms. The highest BCUT2D eigenvalue weighted by molar-refractivity contribution is 5.84. The minimum Gasteiger partial charge on any atom is -0.493 e. The lowest BCUT2D eigenvalue weighted by atomic mass is 9.91. The van der Waals surface area contributed by atoms with Crippen molar-refractivity contribution in [1.29, 1.82) is 0 Å². The third-order valence-electron chi connectivity index (χ3n) is 10.5. The quantitative estimate of drug-likeness (QED) is 0.0664. The zero-order valence-corrected chi connectivity index (χ0v) is 33.5. The van der Waals surface area contributed by atoms with Gasteiger partial charge in [-0.25, -0.2) is 4.70 Å². The first-order valence-electron chi connectivity index (χ1n) is 21.4. The van der Waals surface area contributed by atoms with E-state index in [-0.39, 0.29) is 0 Å². The molecule has 0 bridgehead atoms. The molecule has 0 unspecified atom stereocenters. The number of hydrogen-bond acceptors (Lipinski definition) is 0. The summed E-state index contributed by atoms with van der Waals surface area (Å²) in [5.74, 6) is 0. The summed E-state index contributed by atoms with van der Waals surface area (Å²) in [6.45, 7) is 13.7. The van der Waals surface area contributed by atoms with Gasteiger partial charge in [0.15, 0.2) is 0 Å². The fourth-order valence-electron chi connectivity index (χ4n) is 7.52. The average Bonchev–Trinajstić information content (AvgIpc) is 3.40. The topological polar surface area (TPSA) is 25.3 Å². The van der Waals surface area contributed by atoms with Crippen LogP contribution in [-0.2, 0) is 25.7 Å². The van der Waals surface area contributed by atoms with Crippen LogP contribution in [0.4, 0.5) is 0 Å². The predicted octanol–water partition coefficient (Wildman–Crippen LogP) is 15.5. The first-order valence-corrected chi connectivity index (χ1v) is 21.4. The molecule has 1 heterocycles. The van der Waals surface area contributed by atoms with Gasteiger partial charge in [0.1, 0.15) is 0 Å². The summed E-state index contributed by atoms with van der Waals surface area (Å²) in [6.07, 6.45) is 33.6. The average molecular weight is 679 g/mol. The maximum absolute atomic E-state index is 12.5. The highest BCUT2D eigenvalue weighted by Gasteiger charge is 2.35. The summed E-state index contributed by atoms with van der Waals surface area (Å²) in [6, 6.07) is 14.5. The summed E-state index contributed by atoms with van der Waals surface area (Å²) in [4.78, 5) is 0. The van der Waals surface area contributed by atoms with E-state index in [0.29, 0.717) is 0 Å². The minimum absolute atomic E-state index is 0.979. The van der Waals surface area contributed by atoms with Crippen LogP contribution in [-0.4, -0.2) is 4.70 Å². The Kier molecular flexibility index (Phi) is 20.4. The normalized spacial score (nSPS) is 13.5. The van der Waals surface area contributed by atoms with Crippen LogP contribution in [0.1, 0.15) is 203 Å². The molecule has 0 atom stereocenters. The van der Waals surface area contributed by atoms with Gasteiger partial charge in [-0.05, 0) is 124 Å². The molecule has 0 spiro atoms. The Morgan fingerprint density at radius 3 is 1.34 bits per heavy atom. The van der Waals surface area contributed by atoms with Gasteiger partial charge in [0.25, 0.3) is 0 Å². The Morgan fingerprint density at radius 2 is 0.840 bits per heavy atom. The third-order valence-corrected chi connectivity index (χ3v) is 10.5. The number of unbranched alkanes of at least 4 members (excludes halogenated alkanes) is 13. The zero-order valence-electron chi connectivity index (χ0n) is 33.5. The first-order chi connectivity index (χ1) is 24.5. The van der Waals surface area contributed by atoms with Crippen LogP contribution in [0, 0.1) is 0 Å². The van der Waals surface area contributed by atoms with E-state index in [2.05, 4.69) is 90.1 Å². The summed E-state index contributed by atoms with van der Waals surface area (Å²) >= 11 is 0. The molecule has 0 saturated carbocycles. The van der Waals surface area contributed by atoms with E-state index in [1.807, 2.05) is 0 Å². The fraction of sp³-hybridized carbons (Fsp3) is 0.625. The SMILES string of the molecule is CCCCCCCCC=CC1=C(c2cc(CCCC)cc(CCCC)c2)[N+](=[N-])C(c2cc(CCCCC)cc(CCCCC)c2)=C1CCCC. The van der Waals surface area contributed by atoms with E-state index in [1.54, 1.807) is 4.70 Å². The van der Waals surface area contributed by atoms with E-state index in [4.69, 9.17) is 0 Å². The molecule has 0 amide bonds. The highest BCUT2D eigenvalue weighted by Crippen LogP contribution is 2.44. The first kappa shape index (κ1) is 41.7. The van der Waals surface area contributed by atoms with Crippen molar-refractivity contribution < 1.29 is 4.70 Å². The number of allylic oxidation sites excluding steroid dienone is 4. The van der Waals surface area contributed by atoms with E-state index < -0.39 is 0 Å². The summed E-state index contributed by atoms with van der Waals surface area (Å²) in [5, 5.41) is 0. The van der Waals surface area contributed by atoms with Gasteiger partial charge in [-0.1, -0.05) is 143 Å². The molecule has 2 aromatic rings. The second-order valence-corrected chi connectivity index (χ2v) is 15.2. The molecule has 0 saturated heterocycles. The van der Waals surface area contributed by atoms with Gasteiger partial charge in [0.2, 0.25) is 11.4 Å². The van der Waals surface area contributed by atoms with Crippen molar-refractivity contribution in [3.63, 3.8) is 0 Å². The smallest absolute Gasteiger partial charge is 0.215 e. The Bertz CT molecular complexity index is 1330. The van der Waals surface area contributed by atoms with Crippen molar-refractivity contribution in [2.24, 2.45) is 0 Å². The third kappa shape index (κ3) is 13.4. The molecule has 0 radical (unpaired) electrons. The highest BCUT2D eigenvalue weighted by atomic mass is 15.2. The van der Waals surface area contributed by atoms with Gasteiger partial charge in [-0.3, -0.25) is 0 Å². The molecule has 2 heteroatoms. The summed E-state index contributed by atoms with van der Waals surface area (Å²) in [7, 11) is 0. The van der Waals surface area contributed by atoms with Crippen molar-refractivity contribution in [2.45, 2.75) is 196 Å². The van der Waals surface area contributed by atoms with Gasteiger partial charge >= 0.3 is 0 Å². The van der Waals surface area contributed by atoms with Crippen LogP contribution in [0.5, 0.6) is 0 Å². The maximum Gasteiger partial charge on any atom is 0.215 e. The van der Waals surface area contributed by atoms with Gasteiger partial charge in [0, 0.05) is 16.7 Å². The second kappa shape index (κ2) is 24.4. The van der Waals surface area contributed by atoms with Crippen LogP contribution in [0.2, 0.25) is 0 Å². The van der Waals surface area contributed by atoms with Crippen molar-refractivity contribution in [1.82, 2.24) is 0 Å². The number of aryl methyl sites for hydroxylation is 4. The van der Waals surface area contributed by atoms with Crippen LogP contribution in [0.15, 0.2) is 59.7 Å². The Labute approximate surface area is 309 Å². The van der Waals surface area contributed by atoms with Crippen molar-refractivity contribution >= 4 is 11.4 Å². The minimum atomic E-state index is 0.979. The number of rotatable bonds is 27. The lowest BCUT2D eigenvalue weighted by Gasteiger charge is -2.14. The van der Waals surface area contributed by atoms with Crippen LogP contribution in [0.3, 0.4) is 0 Å². The van der Waals surface area contributed by atoms with Crippen LogP contribution >= 0.6 is 0 Å². The Morgan fingerprint density at radius 1 is 0.440 bits per heavy atom. The number of benzene rings is 2. The molecule has 1 aliphatic rings. The summed E-state index contributed by atoms with van der Waals surface area (Å²) in [5.41, 5.74) is 25.2. The molecule has 1 aliphatic heterocycles. The largest absolute Gasteiger partial charge is 0.493 e. The standard InChI is InChI=1S/C48H74N2/c1-7-13-19-20-21-22-23-26-32-46-45(31-18-12-6)47(44-37-41(29-24-14-8-2)34-42(38-44)30-25-15-9-3)50(49)48(46)43-35-39(27-16-10-4)33-40(36-43)28-17-11-5/h26,32-38H,7-25,27-31H2,1-6H3. The molecule has 2 aromatic carbocycles. The molecule has 3 rings (SSSR count). The Balaban J connectivity index is 2.18. The van der Waals surface area contributed by atoms with E-state index in [0.717, 1.165) is 62.8 Å². The maximum atomic E-state index is 12.5. The molecule has 0 N–H and O–H groups in total. The van der Waals surface area contributed by atoms with Crippen LogP contribution < -0.4 is 0 Å². The molecule has 0 aliphatic carbocycles. The van der Waals surface area contributed by atoms with E-state index in [9.17, 15) is 5.53 Å². The second-order valence-electron chi connectivity index (χ2n) is 15.2. The van der Waals surface area contributed by atoms with Gasteiger partial charge in [-0.2, -0.15) is 0 Å². The number of hydrogen-bond donors (Lipinski definition) is 0. The molecular formula is C48H74N2. The molecular weight excluding hydrogens is 605 g/mol. The van der Waals surface area contributed by atoms with Gasteiger partial charge < -0.3 is 5.53 Å². The lowest BCUT2D eigenvalue weighted by Crippen LogP contribution is -2.05. The molecule has 2 nitrogen and oxygen atoms in total. The molecule has 0 fully saturated rings. The molecule has 276 valence electrons. The van der Waals surface area contributed by atoms with E-state index in [1.165, 1.54) is 147 Å². The van der Waals surface area contributed by atoms with Crippen LogP contribution in [0.25, 0.3) is 16.9 Å². The lowest BCUT2D eigenvalue weighted by molar-refractivity contribution is -0.345. The monoisotopic (exact) mass is 679 g/mol. The van der Waals surface area contributed by atoms with Gasteiger partial charge in [0.05, 0.1) is 5.57 Å². The van der Waals surface area contributed by atoms with Crippen molar-refractivity contribution in [2.75, 3.05) is 0 Å². The predicted molar refractivity (Wildman–Crippen MR) is 221 cm³/mol. The zero-order chi connectivity index (χ0) is 36.0.